The molecule has 1 aromatic carbocycles. The minimum absolute atomic E-state index is 0.180. The van der Waals surface area contributed by atoms with Gasteiger partial charge in [0.25, 0.3) is 0 Å². The number of hydrogen-bond donors (Lipinski definition) is 1. The summed E-state index contributed by atoms with van der Waals surface area (Å²) in [4.78, 5) is 0. The molecule has 90 valence electrons. The van der Waals surface area contributed by atoms with Gasteiger partial charge >= 0.3 is 0 Å². The van der Waals surface area contributed by atoms with Gasteiger partial charge in [-0.25, -0.2) is 4.39 Å². The highest BCUT2D eigenvalue weighted by molar-refractivity contribution is 5.16. The second kappa shape index (κ2) is 6.15. The van der Waals surface area contributed by atoms with Crippen LogP contribution in [0.4, 0.5) is 4.39 Å². The lowest BCUT2D eigenvalue weighted by Crippen LogP contribution is -2.22. The number of nitrogens with one attached hydrogen (secondary N) is 1. The fourth-order valence-corrected chi connectivity index (χ4v) is 1.64. The molecule has 0 amide bonds. The van der Waals surface area contributed by atoms with E-state index in [1.165, 1.54) is 12.1 Å². The first kappa shape index (κ1) is 11.8. The second-order valence-corrected chi connectivity index (χ2v) is 3.90. The minimum Gasteiger partial charge on any atom is -0.315 e. The molecule has 0 bridgehead atoms. The van der Waals surface area contributed by atoms with Crippen LogP contribution in [0.2, 0.25) is 0 Å². The molecule has 0 aliphatic carbocycles. The van der Waals surface area contributed by atoms with E-state index in [0.29, 0.717) is 0 Å². The quantitative estimate of drug-likeness (QED) is 0.772. The summed E-state index contributed by atoms with van der Waals surface area (Å²) in [5, 5.41) is 7.45. The minimum atomic E-state index is -0.180. The zero-order chi connectivity index (χ0) is 11.9. The lowest BCUT2D eigenvalue weighted by molar-refractivity contribution is 0.556. The van der Waals surface area contributed by atoms with E-state index in [9.17, 15) is 4.39 Å². The van der Waals surface area contributed by atoms with Gasteiger partial charge in [-0.05, 0) is 36.7 Å². The Morgan fingerprint density at radius 2 is 2.00 bits per heavy atom. The van der Waals surface area contributed by atoms with Crippen LogP contribution in [-0.2, 0) is 13.0 Å². The van der Waals surface area contributed by atoms with Gasteiger partial charge in [0.2, 0.25) is 0 Å². The van der Waals surface area contributed by atoms with Gasteiger partial charge in [-0.2, -0.15) is 5.10 Å². The molecular weight excluding hydrogens is 217 g/mol. The Bertz CT molecular complexity index is 422. The highest BCUT2D eigenvalue weighted by Gasteiger charge is 1.94. The number of nitrogens with zero attached hydrogens (tertiary/aromatic N) is 2. The van der Waals surface area contributed by atoms with Crippen molar-refractivity contribution in [3.8, 4) is 0 Å². The third-order valence-corrected chi connectivity index (χ3v) is 2.58. The standard InChI is InChI=1S/C13H16FN3/c14-13-4-2-12(3-5-13)6-8-15-9-11-17-10-1-7-16-17/h1-5,7,10,15H,6,8-9,11H2. The van der Waals surface area contributed by atoms with Crippen molar-refractivity contribution in [3.63, 3.8) is 0 Å². The summed E-state index contributed by atoms with van der Waals surface area (Å²) < 4.78 is 14.6. The van der Waals surface area contributed by atoms with Gasteiger partial charge in [-0.1, -0.05) is 12.1 Å². The Kier molecular flexibility index (Phi) is 4.27. The second-order valence-electron chi connectivity index (χ2n) is 3.90. The molecule has 0 radical (unpaired) electrons. The summed E-state index contributed by atoms with van der Waals surface area (Å²) in [6.07, 6.45) is 4.64. The Morgan fingerprint density at radius 1 is 1.18 bits per heavy atom. The smallest absolute Gasteiger partial charge is 0.123 e. The molecule has 0 aliphatic rings. The Morgan fingerprint density at radius 3 is 2.71 bits per heavy atom. The van der Waals surface area contributed by atoms with E-state index in [1.54, 1.807) is 6.20 Å². The van der Waals surface area contributed by atoms with Gasteiger partial charge in [-0.15, -0.1) is 0 Å². The van der Waals surface area contributed by atoms with Gasteiger partial charge in [-0.3, -0.25) is 4.68 Å². The number of rotatable bonds is 6. The summed E-state index contributed by atoms with van der Waals surface area (Å²) in [5.41, 5.74) is 1.15. The first-order chi connectivity index (χ1) is 8.34. The van der Waals surface area contributed by atoms with Crippen molar-refractivity contribution in [3.05, 3.63) is 54.1 Å². The predicted molar refractivity (Wildman–Crippen MR) is 65.2 cm³/mol. The third-order valence-electron chi connectivity index (χ3n) is 2.58. The predicted octanol–water partition coefficient (Wildman–Crippen LogP) is 1.85. The van der Waals surface area contributed by atoms with Crippen molar-refractivity contribution in [2.45, 2.75) is 13.0 Å². The molecule has 0 aliphatic heterocycles. The fourth-order valence-electron chi connectivity index (χ4n) is 1.64. The summed E-state index contributed by atoms with van der Waals surface area (Å²) in [5.74, 6) is -0.180. The van der Waals surface area contributed by atoms with Crippen LogP contribution in [0.5, 0.6) is 0 Å². The van der Waals surface area contributed by atoms with Gasteiger partial charge in [0.15, 0.2) is 0 Å². The van der Waals surface area contributed by atoms with Crippen LogP contribution in [0.3, 0.4) is 0 Å². The maximum atomic E-state index is 12.7. The van der Waals surface area contributed by atoms with Gasteiger partial charge in [0.05, 0.1) is 6.54 Å². The molecule has 1 aromatic heterocycles. The van der Waals surface area contributed by atoms with Crippen molar-refractivity contribution < 1.29 is 4.39 Å². The van der Waals surface area contributed by atoms with Gasteiger partial charge in [0.1, 0.15) is 5.82 Å². The summed E-state index contributed by atoms with van der Waals surface area (Å²) in [6.45, 7) is 2.66. The molecule has 0 saturated heterocycles. The Balaban J connectivity index is 1.61. The number of hydrogen-bond acceptors (Lipinski definition) is 2. The first-order valence-corrected chi connectivity index (χ1v) is 5.77. The van der Waals surface area contributed by atoms with Gasteiger partial charge in [0, 0.05) is 18.9 Å². The van der Waals surface area contributed by atoms with Crippen LogP contribution in [0.15, 0.2) is 42.7 Å². The van der Waals surface area contributed by atoms with E-state index in [-0.39, 0.29) is 5.82 Å². The first-order valence-electron chi connectivity index (χ1n) is 5.77. The number of halogens is 1. The molecule has 0 spiro atoms. The summed E-state index contributed by atoms with van der Waals surface area (Å²) in [7, 11) is 0. The average molecular weight is 233 g/mol. The molecule has 0 saturated carbocycles. The average Bonchev–Trinajstić information content (AvgIpc) is 2.84. The van der Waals surface area contributed by atoms with Crippen LogP contribution in [-0.4, -0.2) is 22.9 Å². The maximum absolute atomic E-state index is 12.7. The zero-order valence-corrected chi connectivity index (χ0v) is 9.64. The molecule has 2 aromatic rings. The number of aromatic nitrogens is 2. The Hall–Kier alpha value is -1.68. The lowest BCUT2D eigenvalue weighted by atomic mass is 10.1. The highest BCUT2D eigenvalue weighted by atomic mass is 19.1. The van der Waals surface area contributed by atoms with E-state index in [1.807, 2.05) is 29.1 Å². The van der Waals surface area contributed by atoms with Crippen molar-refractivity contribution >= 4 is 0 Å². The SMILES string of the molecule is Fc1ccc(CCNCCn2cccn2)cc1. The molecule has 1 N–H and O–H groups in total. The summed E-state index contributed by atoms with van der Waals surface area (Å²) >= 11 is 0. The fraction of sp³-hybridized carbons (Fsp3) is 0.308. The lowest BCUT2D eigenvalue weighted by Gasteiger charge is -2.05. The van der Waals surface area contributed by atoms with Crippen LogP contribution in [0.25, 0.3) is 0 Å². The molecular formula is C13H16FN3. The highest BCUT2D eigenvalue weighted by Crippen LogP contribution is 2.02. The van der Waals surface area contributed by atoms with Crippen LogP contribution in [0, 0.1) is 5.82 Å². The van der Waals surface area contributed by atoms with E-state index in [2.05, 4.69) is 10.4 Å². The number of benzene rings is 1. The molecule has 0 unspecified atom stereocenters. The maximum Gasteiger partial charge on any atom is 0.123 e. The third kappa shape index (κ3) is 4.00. The molecule has 1 heterocycles. The normalized spacial score (nSPS) is 10.6. The van der Waals surface area contributed by atoms with Crippen molar-refractivity contribution in [1.82, 2.24) is 15.1 Å². The van der Waals surface area contributed by atoms with Crippen LogP contribution < -0.4 is 5.32 Å². The Labute approximate surface area is 100 Å². The topological polar surface area (TPSA) is 29.9 Å². The van der Waals surface area contributed by atoms with E-state index in [0.717, 1.165) is 31.6 Å². The van der Waals surface area contributed by atoms with Crippen molar-refractivity contribution in [2.75, 3.05) is 13.1 Å². The van der Waals surface area contributed by atoms with Crippen LogP contribution >= 0.6 is 0 Å². The zero-order valence-electron chi connectivity index (χ0n) is 9.64. The largest absolute Gasteiger partial charge is 0.315 e. The van der Waals surface area contributed by atoms with Crippen LogP contribution in [0.1, 0.15) is 5.56 Å². The molecule has 3 nitrogen and oxygen atoms in total. The summed E-state index contributed by atoms with van der Waals surface area (Å²) in [6, 6.07) is 8.56. The van der Waals surface area contributed by atoms with Gasteiger partial charge < -0.3 is 5.32 Å². The molecule has 2 rings (SSSR count). The van der Waals surface area contributed by atoms with Crippen molar-refractivity contribution in [2.24, 2.45) is 0 Å². The molecule has 0 fully saturated rings. The molecule has 17 heavy (non-hydrogen) atoms. The monoisotopic (exact) mass is 233 g/mol. The van der Waals surface area contributed by atoms with E-state index >= 15 is 0 Å². The molecule has 4 heteroatoms. The van der Waals surface area contributed by atoms with Crippen molar-refractivity contribution in [1.29, 1.82) is 0 Å². The molecule has 0 atom stereocenters. The van der Waals surface area contributed by atoms with E-state index in [4.69, 9.17) is 0 Å². The van der Waals surface area contributed by atoms with E-state index < -0.39 is 0 Å².